The molecule has 0 amide bonds. The van der Waals surface area contributed by atoms with Crippen LogP contribution in [0.2, 0.25) is 0 Å². The summed E-state index contributed by atoms with van der Waals surface area (Å²) in [6.45, 7) is 4.38. The van der Waals surface area contributed by atoms with Crippen LogP contribution in [0.4, 0.5) is 4.39 Å². The Morgan fingerprint density at radius 3 is 3.00 bits per heavy atom. The molecule has 0 fully saturated rings. The predicted octanol–water partition coefficient (Wildman–Crippen LogP) is 2.12. The molecular weight excluding hydrogens is 217 g/mol. The van der Waals surface area contributed by atoms with E-state index in [1.165, 1.54) is 6.07 Å². The van der Waals surface area contributed by atoms with E-state index in [0.29, 0.717) is 6.54 Å². The van der Waals surface area contributed by atoms with Gasteiger partial charge < -0.3 is 9.88 Å². The third-order valence-corrected chi connectivity index (χ3v) is 2.67. The van der Waals surface area contributed by atoms with Crippen LogP contribution in [0.25, 0.3) is 0 Å². The molecule has 0 saturated heterocycles. The average molecular weight is 233 g/mol. The third-order valence-electron chi connectivity index (χ3n) is 2.67. The van der Waals surface area contributed by atoms with Crippen LogP contribution in [0, 0.1) is 12.7 Å². The minimum absolute atomic E-state index is 0.185. The van der Waals surface area contributed by atoms with Gasteiger partial charge in [0.2, 0.25) is 0 Å². The first-order chi connectivity index (χ1) is 8.25. The second kappa shape index (κ2) is 5.59. The number of nitrogens with zero attached hydrogens (tertiary/aromatic N) is 2. The number of nitrogens with one attached hydrogen (secondary N) is 1. The summed E-state index contributed by atoms with van der Waals surface area (Å²) in [5.74, 6) is 0.826. The van der Waals surface area contributed by atoms with Gasteiger partial charge in [-0.3, -0.25) is 0 Å². The fourth-order valence-corrected chi connectivity index (χ4v) is 1.72. The van der Waals surface area contributed by atoms with Gasteiger partial charge in [-0.25, -0.2) is 9.37 Å². The normalized spacial score (nSPS) is 10.7. The average Bonchev–Trinajstić information content (AvgIpc) is 2.71. The summed E-state index contributed by atoms with van der Waals surface area (Å²) in [7, 11) is 0. The van der Waals surface area contributed by atoms with Crippen LogP contribution >= 0.6 is 0 Å². The summed E-state index contributed by atoms with van der Waals surface area (Å²) >= 11 is 0. The molecule has 90 valence electrons. The van der Waals surface area contributed by atoms with Crippen molar-refractivity contribution in [2.45, 2.75) is 20.0 Å². The van der Waals surface area contributed by atoms with Crippen molar-refractivity contribution in [1.82, 2.24) is 14.9 Å². The number of halogens is 1. The Morgan fingerprint density at radius 2 is 2.29 bits per heavy atom. The molecule has 4 heteroatoms. The molecule has 1 heterocycles. The number of rotatable bonds is 5. The number of hydrogen-bond acceptors (Lipinski definition) is 2. The summed E-state index contributed by atoms with van der Waals surface area (Å²) in [5, 5.41) is 3.28. The van der Waals surface area contributed by atoms with Crippen LogP contribution in [0.5, 0.6) is 0 Å². The number of benzene rings is 1. The highest BCUT2D eigenvalue weighted by atomic mass is 19.1. The van der Waals surface area contributed by atoms with Crippen molar-refractivity contribution in [2.75, 3.05) is 6.54 Å². The van der Waals surface area contributed by atoms with Gasteiger partial charge in [-0.2, -0.15) is 0 Å². The quantitative estimate of drug-likeness (QED) is 0.802. The SMILES string of the molecule is Cc1nccn1CCNCc1cccc(F)c1. The maximum atomic E-state index is 12.9. The third kappa shape index (κ3) is 3.39. The van der Waals surface area contributed by atoms with Crippen molar-refractivity contribution >= 4 is 0 Å². The van der Waals surface area contributed by atoms with Crippen LogP contribution in [-0.2, 0) is 13.1 Å². The van der Waals surface area contributed by atoms with Crippen molar-refractivity contribution in [2.24, 2.45) is 0 Å². The summed E-state index contributed by atoms with van der Waals surface area (Å²) in [4.78, 5) is 4.15. The zero-order valence-corrected chi connectivity index (χ0v) is 9.86. The molecule has 0 radical (unpaired) electrons. The first-order valence-electron chi connectivity index (χ1n) is 5.68. The number of aromatic nitrogens is 2. The van der Waals surface area contributed by atoms with Crippen molar-refractivity contribution in [1.29, 1.82) is 0 Å². The lowest BCUT2D eigenvalue weighted by atomic mass is 10.2. The van der Waals surface area contributed by atoms with Crippen molar-refractivity contribution in [3.8, 4) is 0 Å². The molecule has 0 aliphatic rings. The van der Waals surface area contributed by atoms with E-state index in [2.05, 4.69) is 14.9 Å². The summed E-state index contributed by atoms with van der Waals surface area (Å²) in [5.41, 5.74) is 0.965. The highest BCUT2D eigenvalue weighted by molar-refractivity contribution is 5.15. The zero-order valence-electron chi connectivity index (χ0n) is 9.86. The van der Waals surface area contributed by atoms with E-state index in [4.69, 9.17) is 0 Å². The van der Waals surface area contributed by atoms with Gasteiger partial charge in [-0.15, -0.1) is 0 Å². The molecule has 1 N–H and O–H groups in total. The Bertz CT molecular complexity index is 479. The highest BCUT2D eigenvalue weighted by Crippen LogP contribution is 2.02. The van der Waals surface area contributed by atoms with Gasteiger partial charge >= 0.3 is 0 Å². The molecule has 0 aliphatic heterocycles. The van der Waals surface area contributed by atoms with Gasteiger partial charge in [0, 0.05) is 32.0 Å². The molecule has 2 rings (SSSR count). The van der Waals surface area contributed by atoms with Gasteiger partial charge in [0.25, 0.3) is 0 Å². The molecule has 3 nitrogen and oxygen atoms in total. The maximum Gasteiger partial charge on any atom is 0.123 e. The van der Waals surface area contributed by atoms with Crippen molar-refractivity contribution < 1.29 is 4.39 Å². The fraction of sp³-hybridized carbons (Fsp3) is 0.308. The molecule has 1 aromatic heterocycles. The Kier molecular flexibility index (Phi) is 3.88. The summed E-state index contributed by atoms with van der Waals surface area (Å²) in [6.07, 6.45) is 3.75. The van der Waals surface area contributed by atoms with E-state index in [-0.39, 0.29) is 5.82 Å². The predicted molar refractivity (Wildman–Crippen MR) is 65.1 cm³/mol. The second-order valence-electron chi connectivity index (χ2n) is 3.97. The van der Waals surface area contributed by atoms with Crippen LogP contribution in [0.15, 0.2) is 36.7 Å². The minimum atomic E-state index is -0.185. The topological polar surface area (TPSA) is 29.9 Å². The Hall–Kier alpha value is -1.68. The first-order valence-corrected chi connectivity index (χ1v) is 5.68. The van der Waals surface area contributed by atoms with Crippen LogP contribution < -0.4 is 5.32 Å². The summed E-state index contributed by atoms with van der Waals surface area (Å²) in [6, 6.07) is 6.65. The summed E-state index contributed by atoms with van der Waals surface area (Å²) < 4.78 is 15.0. The Balaban J connectivity index is 1.75. The molecule has 0 aliphatic carbocycles. The van der Waals surface area contributed by atoms with Gasteiger partial charge in [-0.05, 0) is 24.6 Å². The van der Waals surface area contributed by atoms with Crippen molar-refractivity contribution in [3.05, 3.63) is 53.9 Å². The molecule has 0 unspecified atom stereocenters. The standard InChI is InChI=1S/C13H16FN3/c1-11-16-6-8-17(11)7-5-15-10-12-3-2-4-13(14)9-12/h2-4,6,8-9,15H,5,7,10H2,1H3. The largest absolute Gasteiger partial charge is 0.334 e. The Labute approximate surface area is 100 Å². The molecule has 17 heavy (non-hydrogen) atoms. The molecule has 2 aromatic rings. The Morgan fingerprint density at radius 1 is 1.41 bits per heavy atom. The number of aryl methyl sites for hydroxylation is 1. The van der Waals surface area contributed by atoms with Gasteiger partial charge in [0.15, 0.2) is 0 Å². The molecule has 1 aromatic carbocycles. The van der Waals surface area contributed by atoms with E-state index >= 15 is 0 Å². The lowest BCUT2D eigenvalue weighted by molar-refractivity contribution is 0.583. The van der Waals surface area contributed by atoms with Crippen LogP contribution in [0.1, 0.15) is 11.4 Å². The van der Waals surface area contributed by atoms with Gasteiger partial charge in [0.05, 0.1) is 0 Å². The van der Waals surface area contributed by atoms with E-state index < -0.39 is 0 Å². The van der Waals surface area contributed by atoms with E-state index in [1.54, 1.807) is 18.3 Å². The molecular formula is C13H16FN3. The smallest absolute Gasteiger partial charge is 0.123 e. The maximum absolute atomic E-state index is 12.9. The van der Waals surface area contributed by atoms with Gasteiger partial charge in [-0.1, -0.05) is 12.1 Å². The van der Waals surface area contributed by atoms with E-state index in [9.17, 15) is 4.39 Å². The van der Waals surface area contributed by atoms with Gasteiger partial charge in [0.1, 0.15) is 11.6 Å². The van der Waals surface area contributed by atoms with Crippen LogP contribution in [0.3, 0.4) is 0 Å². The number of hydrogen-bond donors (Lipinski definition) is 1. The second-order valence-corrected chi connectivity index (χ2v) is 3.97. The lowest BCUT2D eigenvalue weighted by Crippen LogP contribution is -2.19. The number of imidazole rings is 1. The van der Waals surface area contributed by atoms with E-state index in [1.807, 2.05) is 19.2 Å². The molecule has 0 bridgehead atoms. The molecule has 0 atom stereocenters. The van der Waals surface area contributed by atoms with Crippen molar-refractivity contribution in [3.63, 3.8) is 0 Å². The molecule has 0 saturated carbocycles. The minimum Gasteiger partial charge on any atom is -0.334 e. The van der Waals surface area contributed by atoms with Crippen LogP contribution in [-0.4, -0.2) is 16.1 Å². The lowest BCUT2D eigenvalue weighted by Gasteiger charge is -2.07. The fourth-order valence-electron chi connectivity index (χ4n) is 1.72. The monoisotopic (exact) mass is 233 g/mol. The highest BCUT2D eigenvalue weighted by Gasteiger charge is 1.97. The zero-order chi connectivity index (χ0) is 12.1. The first kappa shape index (κ1) is 11.8. The van der Waals surface area contributed by atoms with E-state index in [0.717, 1.165) is 24.5 Å². The molecule has 0 spiro atoms.